The van der Waals surface area contributed by atoms with Crippen LogP contribution in [-0.4, -0.2) is 280 Å². The third kappa shape index (κ3) is 45.4. The van der Waals surface area contributed by atoms with Gasteiger partial charge in [0.2, 0.25) is 76.8 Å². The molecule has 0 rings (SSSR count). The molecule has 12 atom stereocenters. The molecule has 0 heterocycles. The largest absolute Gasteiger partial charge is 0.481 e. The van der Waals surface area contributed by atoms with Gasteiger partial charge in [-0.05, 0) is 129 Å². The van der Waals surface area contributed by atoms with Crippen molar-refractivity contribution in [2.75, 3.05) is 52.4 Å². The van der Waals surface area contributed by atoms with Gasteiger partial charge in [0, 0.05) is 45.3 Å². The number of aliphatic hydroxyl groups is 1. The number of unbranched alkanes of at least 4 members (excludes halogenated alkanes) is 2. The molecule has 0 fully saturated rings. The van der Waals surface area contributed by atoms with Gasteiger partial charge < -0.3 is 151 Å². The molecule has 49 heteroatoms. The lowest BCUT2D eigenvalue weighted by molar-refractivity contribution is -0.140. The summed E-state index contributed by atoms with van der Waals surface area (Å²) in [5.74, 6) is -23.7. The highest BCUT2D eigenvalue weighted by molar-refractivity contribution is 6.00. The third-order valence-corrected chi connectivity index (χ3v) is 16.4. The van der Waals surface area contributed by atoms with Gasteiger partial charge in [-0.3, -0.25) is 101 Å². The molecule has 644 valence electrons. The number of guanidine groups is 3. The van der Waals surface area contributed by atoms with Gasteiger partial charge in [-0.1, -0.05) is 13.8 Å². The van der Waals surface area contributed by atoms with Crippen LogP contribution in [0.2, 0.25) is 0 Å². The van der Waals surface area contributed by atoms with Gasteiger partial charge in [0.05, 0.1) is 19.2 Å². The highest BCUT2D eigenvalue weighted by atomic mass is 16.4. The lowest BCUT2D eigenvalue weighted by atomic mass is 10.0. The Labute approximate surface area is 655 Å². The molecule has 0 saturated carbocycles. The van der Waals surface area contributed by atoms with E-state index in [2.05, 4.69) is 78.8 Å². The average molecular weight is 1630 g/mol. The molecule has 114 heavy (non-hydrogen) atoms. The van der Waals surface area contributed by atoms with E-state index in [1.165, 1.54) is 13.8 Å². The number of rotatable bonds is 61. The summed E-state index contributed by atoms with van der Waals surface area (Å²) in [7, 11) is 0. The number of aliphatic imine (C=N–C) groups is 3. The van der Waals surface area contributed by atoms with Gasteiger partial charge in [0.25, 0.3) is 0 Å². The summed E-state index contributed by atoms with van der Waals surface area (Å²) in [5, 5.41) is 88.6. The maximum Gasteiger partial charge on any atom is 0.322 e. The van der Waals surface area contributed by atoms with Crippen molar-refractivity contribution in [1.29, 1.82) is 0 Å². The zero-order valence-electron chi connectivity index (χ0n) is 63.9. The zero-order valence-corrected chi connectivity index (χ0v) is 63.9. The van der Waals surface area contributed by atoms with Crippen LogP contribution in [-0.2, 0) is 86.3 Å². The Morgan fingerprint density at radius 2 is 0.553 bits per heavy atom. The fourth-order valence-electron chi connectivity index (χ4n) is 10.4. The lowest BCUT2D eigenvalue weighted by Crippen LogP contribution is -2.62. The monoisotopic (exact) mass is 1630 g/mol. The van der Waals surface area contributed by atoms with E-state index in [1.807, 2.05) is 5.32 Å². The molecule has 13 amide bonds. The highest BCUT2D eigenvalue weighted by Crippen LogP contribution is 2.14. The number of hydrogen-bond donors (Lipinski definition) is 28. The molecule has 0 bridgehead atoms. The number of aliphatic carboxylic acids is 5. The number of carbonyl (C=O) groups excluding carboxylic acids is 13. The predicted molar refractivity (Wildman–Crippen MR) is 403 cm³/mol. The number of amides is 13. The zero-order chi connectivity index (χ0) is 86.7. The smallest absolute Gasteiger partial charge is 0.322 e. The van der Waals surface area contributed by atoms with Crippen LogP contribution in [0.25, 0.3) is 0 Å². The number of hydrogen-bond acceptors (Lipinski definition) is 25. The number of carbonyl (C=O) groups is 18. The number of carboxylic acid groups (broad SMARTS) is 5. The first-order valence-electron chi connectivity index (χ1n) is 36.5. The quantitative estimate of drug-likeness (QED) is 0.0153. The van der Waals surface area contributed by atoms with Crippen molar-refractivity contribution in [2.24, 2.45) is 72.5 Å². The summed E-state index contributed by atoms with van der Waals surface area (Å²) in [6.07, 6.45) is -7.76. The van der Waals surface area contributed by atoms with Crippen LogP contribution in [0.4, 0.5) is 0 Å². The Kier molecular flexibility index (Phi) is 50.5. The van der Waals surface area contributed by atoms with Crippen LogP contribution in [0.5, 0.6) is 0 Å². The van der Waals surface area contributed by atoms with Gasteiger partial charge in [-0.2, -0.15) is 0 Å². The fraction of sp³-hybridized carbons (Fsp3) is 0.677. The minimum atomic E-state index is -2.09. The molecule has 0 spiro atoms. The number of carboxylic acids is 5. The molecule has 0 aliphatic heterocycles. The second kappa shape index (κ2) is 56.3. The Balaban J connectivity index is 7.53. The molecule has 0 saturated heterocycles. The second-order valence-electron chi connectivity index (χ2n) is 26.3. The summed E-state index contributed by atoms with van der Waals surface area (Å²) in [6.45, 7) is 1.34. The lowest BCUT2D eigenvalue weighted by Gasteiger charge is -2.30. The van der Waals surface area contributed by atoms with E-state index in [1.54, 1.807) is 0 Å². The third-order valence-electron chi connectivity index (χ3n) is 16.4. The maximum absolute atomic E-state index is 14.7. The number of nitrogens with two attached hydrogens (primary N) is 9. The van der Waals surface area contributed by atoms with Crippen molar-refractivity contribution in [3.05, 3.63) is 0 Å². The maximum atomic E-state index is 14.7. The molecule has 49 nitrogen and oxygen atoms in total. The SMILES string of the molecule is CC(C)[C@H](NC(=O)[C@@H](NC(=O)[C@H](CCC(=O)O)NC(=O)[C@H](CCCN=C(N)N)NC(=O)[C@H](CCCN=C(N)N)NC(=O)[C@H](CCCCN)NC(=O)[C@H](CCCCN)NC(=O)[C@H](CCC(=O)O)NC(=O)CN)[C@@H](C)O)C(=O)N[C@@H](CCC(=O)O)C(=O)N[C@@H](CCCN=C(N)N)C(=O)N[C@@H](CCC(=O)O)C(=O)NCC(=O)NCC(=O)O. The minimum Gasteiger partial charge on any atom is -0.481 e. The molecular weight excluding hydrogens is 1510 g/mol. The van der Waals surface area contributed by atoms with E-state index in [0.29, 0.717) is 12.8 Å². The molecule has 0 aliphatic carbocycles. The van der Waals surface area contributed by atoms with E-state index < -0.39 is 256 Å². The molecule has 0 radical (unpaired) electrons. The van der Waals surface area contributed by atoms with E-state index in [-0.39, 0.29) is 115 Å². The van der Waals surface area contributed by atoms with Gasteiger partial charge in [0.15, 0.2) is 17.9 Å². The van der Waals surface area contributed by atoms with Crippen LogP contribution in [0.1, 0.15) is 149 Å². The number of nitrogens with one attached hydrogen (secondary N) is 13. The average Bonchev–Trinajstić information content (AvgIpc) is 0.856. The van der Waals surface area contributed by atoms with E-state index in [4.69, 9.17) is 56.7 Å². The van der Waals surface area contributed by atoms with Crippen molar-refractivity contribution < 1.29 is 117 Å². The number of aliphatic hydroxyl groups excluding tert-OH is 1. The summed E-state index contributed by atoms with van der Waals surface area (Å²) in [4.78, 5) is 250. The molecular formula is C65H115N25O24. The van der Waals surface area contributed by atoms with Gasteiger partial charge in [-0.25, -0.2) is 0 Å². The molecule has 37 N–H and O–H groups in total. The second-order valence-corrected chi connectivity index (χ2v) is 26.3. The molecule has 0 aromatic heterocycles. The summed E-state index contributed by atoms with van der Waals surface area (Å²) >= 11 is 0. The van der Waals surface area contributed by atoms with Crippen LogP contribution in [0.3, 0.4) is 0 Å². The van der Waals surface area contributed by atoms with Crippen molar-refractivity contribution in [3.63, 3.8) is 0 Å². The van der Waals surface area contributed by atoms with Gasteiger partial charge >= 0.3 is 29.8 Å². The van der Waals surface area contributed by atoms with Crippen molar-refractivity contribution in [3.8, 4) is 0 Å². The Bertz CT molecular complexity index is 3330. The molecule has 0 aliphatic rings. The van der Waals surface area contributed by atoms with Crippen LogP contribution in [0.15, 0.2) is 15.0 Å². The summed E-state index contributed by atoms with van der Waals surface area (Å²) < 4.78 is 0. The molecule has 0 aromatic rings. The van der Waals surface area contributed by atoms with E-state index >= 15 is 0 Å². The van der Waals surface area contributed by atoms with Gasteiger partial charge in [-0.15, -0.1) is 0 Å². The first-order chi connectivity index (χ1) is 53.6. The van der Waals surface area contributed by atoms with Crippen molar-refractivity contribution >= 4 is 125 Å². The standard InChI is InChI=1S/C65H115N25O24/c1-32(2)50(61(113)88-41(18-22-47(98)99)59(111)85-37(14-9-27-76-64(71)72)56(108)86-39(16-20-45(94)95)52(104)79-30-44(93)78-31-49(102)103)89-62(114)51(33(3)91)90-60(112)42(19-23-48(100)101)87-57(109)38(15-10-28-77-65(73)74)84-55(107)36(13-8-26-75-63(69)70)83-54(106)34(11-4-6-24-66)81-53(105)35(12-5-7-25-67)82-58(110)40(17-21-46(96)97)80-43(92)29-68/h32-42,50-51,91H,4-31,66-68H2,1-3H3,(H,78,93)(H,79,104)(H,80,92)(H,81,105)(H,82,110)(H,83,106)(H,84,107)(H,85,111)(H,86,108)(H,87,109)(H,88,113)(H,89,114)(H,90,112)(H,94,95)(H,96,97)(H,98,99)(H,100,101)(H,102,103)(H4,69,70,75)(H4,71,72,76)(H4,73,74,77)/t33-,34+,35+,36+,37+,38+,39+,40+,41+,42+,50+,51+/m1/s1. The Hall–Kier alpha value is -11.9. The first-order valence-corrected chi connectivity index (χ1v) is 36.5. The van der Waals surface area contributed by atoms with Crippen molar-refractivity contribution in [1.82, 2.24) is 69.1 Å². The van der Waals surface area contributed by atoms with E-state index in [9.17, 15) is 112 Å². The molecule has 0 unspecified atom stereocenters. The highest BCUT2D eigenvalue weighted by Gasteiger charge is 2.39. The topological polar surface area (TPSA) is 856 Å². The van der Waals surface area contributed by atoms with Gasteiger partial charge in [0.1, 0.15) is 73.0 Å². The Morgan fingerprint density at radius 3 is 0.825 bits per heavy atom. The summed E-state index contributed by atoms with van der Waals surface area (Å²) in [5.41, 5.74) is 50.0. The first kappa shape index (κ1) is 102. The minimum absolute atomic E-state index is 0.0450. The summed E-state index contributed by atoms with van der Waals surface area (Å²) in [6, 6.07) is -18.9. The van der Waals surface area contributed by atoms with Crippen LogP contribution < -0.4 is 121 Å². The fourth-order valence-corrected chi connectivity index (χ4v) is 10.4. The molecule has 0 aromatic carbocycles. The van der Waals surface area contributed by atoms with Crippen LogP contribution in [0, 0.1) is 5.92 Å². The normalized spacial score (nSPS) is 14.0. The van der Waals surface area contributed by atoms with E-state index in [0.717, 1.165) is 6.92 Å². The predicted octanol–water partition coefficient (Wildman–Crippen LogP) is -11.5. The van der Waals surface area contributed by atoms with Crippen LogP contribution >= 0.6 is 0 Å². The number of nitrogens with zero attached hydrogens (tertiary/aromatic N) is 3. The Morgan fingerprint density at radius 1 is 0.289 bits per heavy atom. The van der Waals surface area contributed by atoms with Crippen molar-refractivity contribution in [2.45, 2.75) is 222 Å².